The zero-order valence-electron chi connectivity index (χ0n) is 22.7. The normalized spacial score (nSPS) is 19.3. The summed E-state index contributed by atoms with van der Waals surface area (Å²) in [5, 5.41) is 2.77. The third-order valence-corrected chi connectivity index (χ3v) is 9.23. The molecule has 0 bridgehead atoms. The van der Waals surface area contributed by atoms with Gasteiger partial charge in [-0.2, -0.15) is 0 Å². The van der Waals surface area contributed by atoms with E-state index >= 15 is 0 Å². The van der Waals surface area contributed by atoms with Crippen LogP contribution in [0.2, 0.25) is 0 Å². The molecule has 0 atom stereocenters. The van der Waals surface area contributed by atoms with Crippen molar-refractivity contribution < 1.29 is 26.2 Å². The van der Waals surface area contributed by atoms with Crippen molar-refractivity contribution in [1.82, 2.24) is 0 Å². The molecule has 0 aromatic heterocycles. The summed E-state index contributed by atoms with van der Waals surface area (Å²) >= 11 is 0. The van der Waals surface area contributed by atoms with E-state index in [2.05, 4.69) is 79.5 Å². The van der Waals surface area contributed by atoms with Crippen molar-refractivity contribution in [3.05, 3.63) is 83.7 Å². The van der Waals surface area contributed by atoms with Crippen LogP contribution in [0.15, 0.2) is 71.8 Å². The van der Waals surface area contributed by atoms with Crippen molar-refractivity contribution in [1.29, 1.82) is 0 Å². The predicted molar refractivity (Wildman–Crippen MR) is 157 cm³/mol. The Morgan fingerprint density at radius 2 is 1.00 bits per heavy atom. The third kappa shape index (κ3) is 12.2. The molecule has 36 heavy (non-hydrogen) atoms. The summed E-state index contributed by atoms with van der Waals surface area (Å²) in [5.74, 6) is 3.95. The quantitative estimate of drug-likeness (QED) is 0.182. The maximum Gasteiger partial charge on any atom is 4.00 e. The van der Waals surface area contributed by atoms with Crippen LogP contribution in [0.3, 0.4) is 0 Å². The molecule has 0 nitrogen and oxygen atoms in total. The predicted octanol–water partition coefficient (Wildman–Crippen LogP) is 10.2. The Balaban J connectivity index is 0.000000343. The zero-order chi connectivity index (χ0) is 24.4. The number of unbranched alkanes of at least 4 members (excludes halogenated alkanes) is 2. The summed E-state index contributed by atoms with van der Waals surface area (Å²) < 4.78 is 0. The van der Waals surface area contributed by atoms with Gasteiger partial charge >= 0.3 is 26.2 Å². The minimum absolute atomic E-state index is 0. The van der Waals surface area contributed by atoms with Gasteiger partial charge in [-0.25, -0.2) is 0 Å². The molecule has 0 heterocycles. The van der Waals surface area contributed by atoms with E-state index < -0.39 is 7.92 Å². The molecule has 2 aromatic carbocycles. The molecule has 0 radical (unpaired) electrons. The maximum absolute atomic E-state index is 3.95. The number of allylic oxidation sites excluding steroid dienone is 3. The van der Waals surface area contributed by atoms with Gasteiger partial charge < -0.3 is 23.0 Å². The third-order valence-electron chi connectivity index (χ3n) is 7.11. The van der Waals surface area contributed by atoms with E-state index in [4.69, 9.17) is 0 Å². The average molecular weight is 578 g/mol. The van der Waals surface area contributed by atoms with Crippen molar-refractivity contribution >= 4 is 18.5 Å². The Hall–Kier alpha value is -0.767. The van der Waals surface area contributed by atoms with Crippen LogP contribution in [0.4, 0.5) is 0 Å². The Labute approximate surface area is 243 Å². The van der Waals surface area contributed by atoms with Gasteiger partial charge in [-0.1, -0.05) is 157 Å². The largest absolute Gasteiger partial charge is 4.00 e. The van der Waals surface area contributed by atoms with Crippen LogP contribution in [0, 0.1) is 11.9 Å². The van der Waals surface area contributed by atoms with Crippen molar-refractivity contribution in [2.75, 3.05) is 0 Å². The molecule has 0 N–H and O–H groups in total. The summed E-state index contributed by atoms with van der Waals surface area (Å²) in [5.41, 5.74) is 2.88. The maximum atomic E-state index is 3.95. The second-order valence-electron chi connectivity index (χ2n) is 10.1. The van der Waals surface area contributed by atoms with Crippen LogP contribution in [0.1, 0.15) is 116 Å². The van der Waals surface area contributed by atoms with Crippen LogP contribution < -0.4 is 10.6 Å². The van der Waals surface area contributed by atoms with E-state index in [1.54, 1.807) is 0 Å². The second kappa shape index (κ2) is 20.2. The number of benzene rings is 2. The molecular weight excluding hydrogens is 531 g/mol. The Kier molecular flexibility index (Phi) is 17.7. The molecule has 0 saturated heterocycles. The first-order chi connectivity index (χ1) is 17.4. The van der Waals surface area contributed by atoms with Crippen LogP contribution in [-0.2, 0) is 26.2 Å². The van der Waals surface area contributed by atoms with E-state index in [0.29, 0.717) is 0 Å². The molecule has 3 fully saturated rings. The van der Waals surface area contributed by atoms with Crippen LogP contribution >= 0.6 is 7.92 Å². The fourth-order valence-electron chi connectivity index (χ4n) is 4.97. The minimum Gasteiger partial charge on any atom is -0.373 e. The molecule has 0 amide bonds. The first kappa shape index (κ1) is 31.5. The van der Waals surface area contributed by atoms with Gasteiger partial charge in [0.2, 0.25) is 0 Å². The molecule has 5 rings (SSSR count). The number of rotatable bonds is 6. The SMILES string of the molecule is C1CCCC1.C1CCCC1.CCCC[C-]=C1CCCCC1=[C-]P(c1ccccc1)c1ccccc1.[Zr+4]. The molecule has 190 valence electrons. The van der Waals surface area contributed by atoms with E-state index in [9.17, 15) is 0 Å². The fraction of sp³-hybridized carbons (Fsp3) is 0.529. The van der Waals surface area contributed by atoms with Gasteiger partial charge in [-0.3, -0.25) is 0 Å². The molecule has 0 aliphatic heterocycles. The number of hydrogen-bond acceptors (Lipinski definition) is 0. The molecule has 2 aromatic rings. The smallest absolute Gasteiger partial charge is 0.373 e. The van der Waals surface area contributed by atoms with E-state index in [0.717, 1.165) is 12.8 Å². The Morgan fingerprint density at radius 1 is 0.583 bits per heavy atom. The fourth-order valence-corrected chi connectivity index (χ4v) is 6.99. The first-order valence-corrected chi connectivity index (χ1v) is 15.9. The molecule has 3 aliphatic rings. The first-order valence-electron chi connectivity index (χ1n) is 14.5. The molecule has 0 spiro atoms. The summed E-state index contributed by atoms with van der Waals surface area (Å²) in [6, 6.07) is 21.8. The Morgan fingerprint density at radius 3 is 1.42 bits per heavy atom. The van der Waals surface area contributed by atoms with Crippen LogP contribution in [0.25, 0.3) is 0 Å². The monoisotopic (exact) mass is 576 g/mol. The van der Waals surface area contributed by atoms with E-state index in [1.165, 1.54) is 118 Å². The van der Waals surface area contributed by atoms with Gasteiger partial charge in [0.1, 0.15) is 0 Å². The minimum atomic E-state index is -0.567. The van der Waals surface area contributed by atoms with Gasteiger partial charge in [-0.15, -0.1) is 27.2 Å². The van der Waals surface area contributed by atoms with Crippen molar-refractivity contribution in [2.24, 2.45) is 0 Å². The summed E-state index contributed by atoms with van der Waals surface area (Å²) in [7, 11) is -0.567. The topological polar surface area (TPSA) is 0 Å². The second-order valence-corrected chi connectivity index (χ2v) is 12.0. The van der Waals surface area contributed by atoms with Crippen LogP contribution in [-0.4, -0.2) is 0 Å². The molecule has 2 heteroatoms. The van der Waals surface area contributed by atoms with Gasteiger partial charge in [0.05, 0.1) is 0 Å². The van der Waals surface area contributed by atoms with Gasteiger partial charge in [-0.05, 0) is 10.6 Å². The van der Waals surface area contributed by atoms with Gasteiger partial charge in [0.25, 0.3) is 0 Å². The molecular formula is C34H47PZr+2. The van der Waals surface area contributed by atoms with Crippen LogP contribution in [0.5, 0.6) is 0 Å². The Bertz CT molecular complexity index is 783. The summed E-state index contributed by atoms with van der Waals surface area (Å²) in [6.07, 6.45) is 27.2. The van der Waals surface area contributed by atoms with E-state index in [1.807, 2.05) is 0 Å². The zero-order valence-corrected chi connectivity index (χ0v) is 26.1. The molecule has 3 aliphatic carbocycles. The number of hydrogen-bond donors (Lipinski definition) is 0. The summed E-state index contributed by atoms with van der Waals surface area (Å²) in [6.45, 7) is 2.25. The summed E-state index contributed by atoms with van der Waals surface area (Å²) in [4.78, 5) is 0. The van der Waals surface area contributed by atoms with Crippen molar-refractivity contribution in [2.45, 2.75) is 116 Å². The standard InChI is InChI=1S/C24H27P.2C5H10.Zr/c1-2-3-6-13-21-14-11-12-15-22(21)20-25(23-16-7-4-8-17-23)24-18-9-5-10-19-24;2*1-2-4-5-3-1;/h4-5,7-10,16-19H,2-3,6,11-12,14-15H2,1H3;2*1-5H2;/q-2;;;+4. The molecule has 3 saturated carbocycles. The van der Waals surface area contributed by atoms with Gasteiger partial charge in [0, 0.05) is 0 Å². The van der Waals surface area contributed by atoms with E-state index in [-0.39, 0.29) is 26.2 Å². The molecule has 0 unspecified atom stereocenters. The van der Waals surface area contributed by atoms with Crippen molar-refractivity contribution in [3.63, 3.8) is 0 Å². The van der Waals surface area contributed by atoms with Crippen molar-refractivity contribution in [3.8, 4) is 0 Å². The van der Waals surface area contributed by atoms with Gasteiger partial charge in [0.15, 0.2) is 0 Å². The average Bonchev–Trinajstić information content (AvgIpc) is 3.69.